The minimum Gasteiger partial charge on any atom is -0.455 e. The van der Waals surface area contributed by atoms with E-state index in [1.807, 2.05) is 72.8 Å². The zero-order valence-electron chi connectivity index (χ0n) is 34.5. The molecule has 1 aliphatic rings. The first-order valence-electron chi connectivity index (χ1n) is 21.6. The lowest BCUT2D eigenvalue weighted by Gasteiger charge is -2.34. The zero-order chi connectivity index (χ0) is 42.2. The molecule has 12 aromatic rings. The summed E-state index contributed by atoms with van der Waals surface area (Å²) in [6.45, 7) is 0. The van der Waals surface area contributed by atoms with E-state index in [1.165, 1.54) is 33.4 Å². The van der Waals surface area contributed by atoms with Gasteiger partial charge in [0.15, 0.2) is 17.5 Å². The summed E-state index contributed by atoms with van der Waals surface area (Å²) in [5.41, 5.74) is 13.7. The van der Waals surface area contributed by atoms with Crippen LogP contribution in [0, 0.1) is 0 Å². The molecule has 0 aliphatic heterocycles. The summed E-state index contributed by atoms with van der Waals surface area (Å²) in [7, 11) is 0. The molecule has 0 atom stereocenters. The van der Waals surface area contributed by atoms with E-state index >= 15 is 0 Å². The van der Waals surface area contributed by atoms with Gasteiger partial charge in [-0.3, -0.25) is 0 Å². The second kappa shape index (κ2) is 14.3. The number of pyridine rings is 1. The van der Waals surface area contributed by atoms with Crippen LogP contribution in [0.25, 0.3) is 100 Å². The summed E-state index contributed by atoms with van der Waals surface area (Å²) in [6.07, 6.45) is 0. The van der Waals surface area contributed by atoms with Gasteiger partial charge in [0, 0.05) is 43.6 Å². The van der Waals surface area contributed by atoms with Gasteiger partial charge in [-0.15, -0.1) is 0 Å². The first-order chi connectivity index (χ1) is 31.7. The van der Waals surface area contributed by atoms with Crippen molar-refractivity contribution in [2.75, 3.05) is 0 Å². The lowest BCUT2D eigenvalue weighted by Crippen LogP contribution is -2.28. The van der Waals surface area contributed by atoms with Crippen molar-refractivity contribution in [1.82, 2.24) is 19.9 Å². The Hall–Kier alpha value is -8.54. The molecule has 0 spiro atoms. The molecule has 13 rings (SSSR count). The van der Waals surface area contributed by atoms with Gasteiger partial charge in [-0.1, -0.05) is 194 Å². The minimum absolute atomic E-state index is 0.523. The molecule has 0 saturated carbocycles. The number of rotatable bonds is 6. The first-order valence-corrected chi connectivity index (χ1v) is 21.6. The van der Waals surface area contributed by atoms with Crippen LogP contribution in [-0.4, -0.2) is 19.9 Å². The molecule has 0 amide bonds. The van der Waals surface area contributed by atoms with Gasteiger partial charge in [-0.2, -0.15) is 0 Å². The molecule has 3 heterocycles. The maximum absolute atomic E-state index is 6.93. The van der Waals surface area contributed by atoms with Crippen LogP contribution in [0.1, 0.15) is 22.3 Å². The van der Waals surface area contributed by atoms with Gasteiger partial charge in [0.05, 0.1) is 22.2 Å². The standard InChI is InChI=1S/C59H36N4O/c1-5-19-37(20-6-1)56-61-57(38-21-7-2-8-22-38)63-58(62-56)47-36-46-52(53-45-29-15-18-32-51(45)64-55(47)53)44-28-14-17-31-50(44)60-54(46)39-33-34-43-42-27-13-16-30-48(42)59(49(43)35-39,40-23-9-3-10-24-40)41-25-11-4-12-26-41/h1-36H. The number of benzene rings is 9. The van der Waals surface area contributed by atoms with Crippen molar-refractivity contribution in [3.8, 4) is 56.5 Å². The van der Waals surface area contributed by atoms with E-state index in [9.17, 15) is 0 Å². The van der Waals surface area contributed by atoms with Crippen LogP contribution in [0.5, 0.6) is 0 Å². The Morgan fingerprint density at radius 1 is 0.344 bits per heavy atom. The van der Waals surface area contributed by atoms with Gasteiger partial charge < -0.3 is 4.42 Å². The topological polar surface area (TPSA) is 64.7 Å². The minimum atomic E-state index is -0.567. The first kappa shape index (κ1) is 36.1. The largest absolute Gasteiger partial charge is 0.455 e. The van der Waals surface area contributed by atoms with Crippen molar-refractivity contribution in [3.05, 3.63) is 241 Å². The highest BCUT2D eigenvalue weighted by atomic mass is 16.3. The monoisotopic (exact) mass is 816 g/mol. The van der Waals surface area contributed by atoms with Crippen molar-refractivity contribution in [2.24, 2.45) is 0 Å². The summed E-state index contributed by atoms with van der Waals surface area (Å²) < 4.78 is 6.93. The fourth-order valence-electron chi connectivity index (χ4n) is 10.2. The average Bonchev–Trinajstić information content (AvgIpc) is 3.91. The number of hydrogen-bond donors (Lipinski definition) is 0. The Morgan fingerprint density at radius 2 is 0.891 bits per heavy atom. The van der Waals surface area contributed by atoms with E-state index in [0.717, 1.165) is 71.6 Å². The molecule has 0 unspecified atom stereocenters. The van der Waals surface area contributed by atoms with Gasteiger partial charge >= 0.3 is 0 Å². The van der Waals surface area contributed by atoms with E-state index in [0.29, 0.717) is 17.5 Å². The molecule has 3 aromatic heterocycles. The van der Waals surface area contributed by atoms with Gasteiger partial charge in [0.2, 0.25) is 0 Å². The Morgan fingerprint density at radius 3 is 1.58 bits per heavy atom. The van der Waals surface area contributed by atoms with Crippen LogP contribution in [0.4, 0.5) is 0 Å². The normalized spacial score (nSPS) is 12.8. The van der Waals surface area contributed by atoms with Crippen LogP contribution < -0.4 is 0 Å². The maximum Gasteiger partial charge on any atom is 0.167 e. The van der Waals surface area contributed by atoms with Crippen LogP contribution >= 0.6 is 0 Å². The SMILES string of the molecule is c1ccc(-c2nc(-c3ccccc3)nc(-c3cc4c(-c5ccc6c(c5)C(c5ccccc5)(c5ccccc5)c5ccccc5-6)nc5ccccc5c4c4c3oc3ccccc34)n2)cc1. The molecular weight excluding hydrogens is 781 g/mol. The van der Waals surface area contributed by atoms with Crippen molar-refractivity contribution in [1.29, 1.82) is 0 Å². The van der Waals surface area contributed by atoms with E-state index in [1.54, 1.807) is 0 Å². The van der Waals surface area contributed by atoms with Crippen molar-refractivity contribution in [3.63, 3.8) is 0 Å². The van der Waals surface area contributed by atoms with E-state index in [-0.39, 0.29) is 0 Å². The fourth-order valence-corrected chi connectivity index (χ4v) is 10.2. The Kier molecular flexibility index (Phi) is 8.06. The molecule has 0 N–H and O–H groups in total. The predicted octanol–water partition coefficient (Wildman–Crippen LogP) is 14.5. The lowest BCUT2D eigenvalue weighted by atomic mass is 9.67. The summed E-state index contributed by atoms with van der Waals surface area (Å²) in [5.74, 6) is 1.69. The molecule has 0 radical (unpaired) electrons. The van der Waals surface area contributed by atoms with Gasteiger partial charge in [0.25, 0.3) is 0 Å². The number of fused-ring (bicyclic) bond motifs is 10. The summed E-state index contributed by atoms with van der Waals surface area (Å²) in [4.78, 5) is 21.1. The number of furan rings is 1. The molecule has 0 fully saturated rings. The molecular formula is C59H36N4O. The number of nitrogens with zero attached hydrogens (tertiary/aromatic N) is 4. The molecule has 0 bridgehead atoms. The summed E-state index contributed by atoms with van der Waals surface area (Å²) >= 11 is 0. The highest BCUT2D eigenvalue weighted by Crippen LogP contribution is 2.57. The summed E-state index contributed by atoms with van der Waals surface area (Å²) in [5, 5.41) is 5.12. The van der Waals surface area contributed by atoms with Crippen molar-refractivity contribution in [2.45, 2.75) is 5.41 Å². The average molecular weight is 817 g/mol. The third-order valence-corrected chi connectivity index (χ3v) is 13.0. The highest BCUT2D eigenvalue weighted by Gasteiger charge is 2.46. The quantitative estimate of drug-likeness (QED) is 0.156. The second-order valence-electron chi connectivity index (χ2n) is 16.5. The maximum atomic E-state index is 6.93. The third kappa shape index (κ3) is 5.37. The van der Waals surface area contributed by atoms with E-state index < -0.39 is 5.41 Å². The second-order valence-corrected chi connectivity index (χ2v) is 16.5. The Balaban J connectivity index is 1.15. The van der Waals surface area contributed by atoms with Crippen molar-refractivity contribution >= 4 is 43.6 Å². The van der Waals surface area contributed by atoms with Crippen LogP contribution in [0.2, 0.25) is 0 Å². The van der Waals surface area contributed by atoms with Crippen LogP contribution in [0.15, 0.2) is 223 Å². The molecule has 9 aromatic carbocycles. The molecule has 1 aliphatic carbocycles. The summed E-state index contributed by atoms with van der Waals surface area (Å²) in [6, 6.07) is 76.9. The van der Waals surface area contributed by atoms with Gasteiger partial charge in [-0.05, 0) is 57.6 Å². The number of hydrogen-bond acceptors (Lipinski definition) is 5. The predicted molar refractivity (Wildman–Crippen MR) is 259 cm³/mol. The number of para-hydroxylation sites is 2. The Labute approximate surface area is 369 Å². The highest BCUT2D eigenvalue weighted by molar-refractivity contribution is 6.30. The molecule has 5 nitrogen and oxygen atoms in total. The molecule has 298 valence electrons. The fraction of sp³-hybridized carbons (Fsp3) is 0.0169. The third-order valence-electron chi connectivity index (χ3n) is 13.0. The zero-order valence-corrected chi connectivity index (χ0v) is 34.5. The van der Waals surface area contributed by atoms with Gasteiger partial charge in [-0.25, -0.2) is 19.9 Å². The molecule has 5 heteroatoms. The van der Waals surface area contributed by atoms with Gasteiger partial charge in [0.1, 0.15) is 11.2 Å². The van der Waals surface area contributed by atoms with Crippen LogP contribution in [0.3, 0.4) is 0 Å². The molecule has 64 heavy (non-hydrogen) atoms. The number of aromatic nitrogens is 4. The lowest BCUT2D eigenvalue weighted by molar-refractivity contribution is 0.670. The van der Waals surface area contributed by atoms with E-state index in [2.05, 4.69) is 146 Å². The van der Waals surface area contributed by atoms with Crippen molar-refractivity contribution < 1.29 is 4.42 Å². The smallest absolute Gasteiger partial charge is 0.167 e. The van der Waals surface area contributed by atoms with Crippen LogP contribution in [-0.2, 0) is 5.41 Å². The van der Waals surface area contributed by atoms with E-state index in [4.69, 9.17) is 24.4 Å². The molecule has 0 saturated heterocycles. The Bertz CT molecular complexity index is 3680.